The first kappa shape index (κ1) is 26.5. The maximum Gasteiger partial charge on any atom is 0.246 e. The quantitative estimate of drug-likeness (QED) is 0.197. The van der Waals surface area contributed by atoms with Gasteiger partial charge in [0.15, 0.2) is 17.3 Å². The van der Waals surface area contributed by atoms with Crippen molar-refractivity contribution in [3.63, 3.8) is 0 Å². The largest absolute Gasteiger partial charge is 0.487 e. The number of carbonyl (C=O) groups is 1. The summed E-state index contributed by atoms with van der Waals surface area (Å²) < 4.78 is 32.4. The molecule has 3 aromatic rings. The number of nitrogens with zero attached hydrogens (tertiary/aromatic N) is 3. The lowest BCUT2D eigenvalue weighted by Crippen LogP contribution is -2.48. The molecule has 3 atom stereocenters. The fraction of sp³-hybridized carbons (Fsp3) is 0.370. The second kappa shape index (κ2) is 11.3. The number of carbonyl (C=O) groups excluding carboxylic acids is 1. The first-order valence-corrected chi connectivity index (χ1v) is 13.1. The summed E-state index contributed by atoms with van der Waals surface area (Å²) in [4.78, 5) is 23.0. The number of piperidine rings is 1. The van der Waals surface area contributed by atoms with E-state index in [2.05, 4.69) is 21.9 Å². The number of methoxy groups -OCH3 is 1. The molecule has 200 valence electrons. The van der Waals surface area contributed by atoms with Gasteiger partial charge in [0.2, 0.25) is 5.91 Å². The number of ether oxygens (including phenoxy) is 3. The molecule has 38 heavy (non-hydrogen) atoms. The van der Waals surface area contributed by atoms with Gasteiger partial charge >= 0.3 is 0 Å². The van der Waals surface area contributed by atoms with Crippen LogP contribution in [0.25, 0.3) is 10.9 Å². The van der Waals surface area contributed by atoms with E-state index < -0.39 is 5.82 Å². The van der Waals surface area contributed by atoms with E-state index >= 15 is 0 Å². The first-order chi connectivity index (χ1) is 18.4. The zero-order valence-corrected chi connectivity index (χ0v) is 22.3. The summed E-state index contributed by atoms with van der Waals surface area (Å²) in [6.45, 7) is 4.36. The van der Waals surface area contributed by atoms with Crippen molar-refractivity contribution in [3.05, 3.63) is 59.1 Å². The fourth-order valence-electron chi connectivity index (χ4n) is 5.22. The minimum absolute atomic E-state index is 0.0346. The van der Waals surface area contributed by atoms with Crippen LogP contribution >= 0.6 is 23.2 Å². The highest BCUT2D eigenvalue weighted by Crippen LogP contribution is 2.41. The topological polar surface area (TPSA) is 85.8 Å². The van der Waals surface area contributed by atoms with Crippen LogP contribution in [-0.2, 0) is 9.53 Å². The van der Waals surface area contributed by atoms with E-state index in [1.807, 2.05) is 4.90 Å². The van der Waals surface area contributed by atoms with Gasteiger partial charge < -0.3 is 24.4 Å². The van der Waals surface area contributed by atoms with E-state index in [1.54, 1.807) is 19.2 Å². The van der Waals surface area contributed by atoms with Gasteiger partial charge in [-0.1, -0.05) is 29.8 Å². The molecule has 3 heterocycles. The van der Waals surface area contributed by atoms with Gasteiger partial charge in [-0.3, -0.25) is 4.79 Å². The van der Waals surface area contributed by atoms with E-state index in [0.29, 0.717) is 54.3 Å². The Kier molecular flexibility index (Phi) is 7.88. The van der Waals surface area contributed by atoms with Crippen molar-refractivity contribution in [2.45, 2.75) is 43.9 Å². The second-order valence-corrected chi connectivity index (χ2v) is 10.1. The minimum Gasteiger partial charge on any atom is -0.487 e. The van der Waals surface area contributed by atoms with Crippen LogP contribution < -0.4 is 14.8 Å². The SMILES string of the molecule is C=CC(=O)N1[C@@H]2CC[C@H]1C[C@H](Oc1cc3c(Nc4ccc(Cl)c(Cl)c4F)ncnc3cc1OCCOC)C2. The number of hydrogen-bond donors (Lipinski definition) is 1. The Bertz CT molecular complexity index is 1360. The van der Waals surface area contributed by atoms with Crippen LogP contribution in [0.1, 0.15) is 25.7 Å². The zero-order valence-electron chi connectivity index (χ0n) is 20.8. The maximum absolute atomic E-state index is 14.8. The number of rotatable bonds is 9. The molecule has 2 fully saturated rings. The number of anilines is 2. The van der Waals surface area contributed by atoms with Crippen LogP contribution in [0.2, 0.25) is 10.0 Å². The number of halogens is 3. The van der Waals surface area contributed by atoms with Crippen molar-refractivity contribution in [3.8, 4) is 11.5 Å². The number of nitrogens with one attached hydrogen (secondary N) is 1. The van der Waals surface area contributed by atoms with Gasteiger partial charge in [-0.15, -0.1) is 0 Å². The number of fused-ring (bicyclic) bond motifs is 3. The van der Waals surface area contributed by atoms with Gasteiger partial charge in [-0.05, 0) is 37.1 Å². The molecule has 2 saturated heterocycles. The highest BCUT2D eigenvalue weighted by atomic mass is 35.5. The van der Waals surface area contributed by atoms with E-state index in [-0.39, 0.29) is 39.8 Å². The van der Waals surface area contributed by atoms with Gasteiger partial charge in [-0.25, -0.2) is 14.4 Å². The summed E-state index contributed by atoms with van der Waals surface area (Å²) in [5, 5.41) is 3.54. The predicted octanol–water partition coefficient (Wildman–Crippen LogP) is 5.93. The molecule has 1 amide bonds. The van der Waals surface area contributed by atoms with E-state index in [4.69, 9.17) is 37.4 Å². The second-order valence-electron chi connectivity index (χ2n) is 9.27. The van der Waals surface area contributed by atoms with Crippen molar-refractivity contribution in [2.75, 3.05) is 25.6 Å². The van der Waals surface area contributed by atoms with Crippen LogP contribution in [0.15, 0.2) is 43.2 Å². The lowest BCUT2D eigenvalue weighted by molar-refractivity contribution is -0.131. The van der Waals surface area contributed by atoms with Gasteiger partial charge in [0.1, 0.15) is 24.9 Å². The van der Waals surface area contributed by atoms with Crippen LogP contribution in [-0.4, -0.2) is 59.3 Å². The van der Waals surface area contributed by atoms with Crippen molar-refractivity contribution in [2.24, 2.45) is 0 Å². The molecule has 5 rings (SSSR count). The highest BCUT2D eigenvalue weighted by molar-refractivity contribution is 6.42. The zero-order chi connectivity index (χ0) is 26.8. The normalized spacial score (nSPS) is 20.4. The number of hydrogen-bond acceptors (Lipinski definition) is 7. The molecule has 2 aliphatic rings. The van der Waals surface area contributed by atoms with Crippen LogP contribution in [0, 0.1) is 5.82 Å². The van der Waals surface area contributed by atoms with E-state index in [0.717, 1.165) is 12.8 Å². The summed E-state index contributed by atoms with van der Waals surface area (Å²) in [7, 11) is 1.60. The molecule has 2 aromatic carbocycles. The molecule has 2 aliphatic heterocycles. The number of aromatic nitrogens is 2. The van der Waals surface area contributed by atoms with Crippen molar-refractivity contribution in [1.82, 2.24) is 14.9 Å². The van der Waals surface area contributed by atoms with Gasteiger partial charge in [0.05, 0.1) is 27.9 Å². The lowest BCUT2D eigenvalue weighted by Gasteiger charge is -2.38. The van der Waals surface area contributed by atoms with Gasteiger partial charge in [-0.2, -0.15) is 0 Å². The Morgan fingerprint density at radius 1 is 1.18 bits per heavy atom. The molecule has 0 spiro atoms. The molecule has 0 radical (unpaired) electrons. The molecule has 0 aliphatic carbocycles. The Labute approximate surface area is 229 Å². The summed E-state index contributed by atoms with van der Waals surface area (Å²) in [5.41, 5.74) is 0.701. The summed E-state index contributed by atoms with van der Waals surface area (Å²) in [5.74, 6) is 0.670. The minimum atomic E-state index is -0.682. The molecular weight excluding hydrogens is 534 g/mol. The summed E-state index contributed by atoms with van der Waals surface area (Å²) in [6.07, 6.45) is 5.93. The first-order valence-electron chi connectivity index (χ1n) is 12.3. The van der Waals surface area contributed by atoms with Gasteiger partial charge in [0.25, 0.3) is 0 Å². The Hall–Kier alpha value is -3.14. The Morgan fingerprint density at radius 3 is 2.66 bits per heavy atom. The van der Waals surface area contributed by atoms with Crippen LogP contribution in [0.3, 0.4) is 0 Å². The molecule has 1 N–H and O–H groups in total. The third-order valence-corrected chi connectivity index (χ3v) is 7.73. The molecule has 0 saturated carbocycles. The predicted molar refractivity (Wildman–Crippen MR) is 144 cm³/mol. The number of amides is 1. The standard InChI is InChI=1S/C27H27Cl2FN4O4/c1-3-24(35)34-15-4-5-16(34)11-17(10-15)38-23-12-18-21(13-22(23)37-9-8-36-2)31-14-32-27(18)33-20-7-6-19(28)25(29)26(20)30/h3,6-7,12-17H,1,4-5,8-11H2,2H3,(H,31,32,33)/t15-,16+,17-. The average molecular weight is 561 g/mol. The molecule has 8 nitrogen and oxygen atoms in total. The Morgan fingerprint density at radius 2 is 1.95 bits per heavy atom. The van der Waals surface area contributed by atoms with Gasteiger partial charge in [0, 0.05) is 43.5 Å². The molecule has 2 bridgehead atoms. The van der Waals surface area contributed by atoms with Crippen LogP contribution in [0.5, 0.6) is 11.5 Å². The Balaban J connectivity index is 1.47. The van der Waals surface area contributed by atoms with Crippen LogP contribution in [0.4, 0.5) is 15.9 Å². The highest BCUT2D eigenvalue weighted by Gasteiger charge is 2.43. The van der Waals surface area contributed by atoms with Crippen molar-refractivity contribution < 1.29 is 23.4 Å². The maximum atomic E-state index is 14.8. The summed E-state index contributed by atoms with van der Waals surface area (Å²) in [6, 6.07) is 6.78. The van der Waals surface area contributed by atoms with Crippen molar-refractivity contribution >= 4 is 51.5 Å². The molecule has 0 unspecified atom stereocenters. The third-order valence-electron chi connectivity index (χ3n) is 6.95. The molecule has 1 aromatic heterocycles. The summed E-state index contributed by atoms with van der Waals surface area (Å²) >= 11 is 11.9. The van der Waals surface area contributed by atoms with E-state index in [1.165, 1.54) is 24.5 Å². The van der Waals surface area contributed by atoms with E-state index in [9.17, 15) is 9.18 Å². The molecular formula is C27H27Cl2FN4O4. The molecule has 11 heteroatoms. The van der Waals surface area contributed by atoms with Crippen molar-refractivity contribution in [1.29, 1.82) is 0 Å². The number of benzene rings is 2. The third kappa shape index (κ3) is 5.23. The monoisotopic (exact) mass is 560 g/mol. The lowest BCUT2D eigenvalue weighted by atomic mass is 9.99. The smallest absolute Gasteiger partial charge is 0.246 e. The fourth-order valence-corrected chi connectivity index (χ4v) is 5.53. The average Bonchev–Trinajstić information content (AvgIpc) is 3.19.